The molecule has 0 aromatic carbocycles. The monoisotopic (exact) mass is 237 g/mol. The maximum Gasteiger partial charge on any atom is 0.338 e. The van der Waals surface area contributed by atoms with Gasteiger partial charge in [-0.05, 0) is 18.9 Å². The number of hydrogen-bond donors (Lipinski definition) is 1. The zero-order valence-corrected chi connectivity index (χ0v) is 9.87. The minimum absolute atomic E-state index is 0.332. The highest BCUT2D eigenvalue weighted by molar-refractivity contribution is 8.00. The number of hydrogen-bond acceptors (Lipinski definition) is 3. The third-order valence-electron chi connectivity index (χ3n) is 2.86. The lowest BCUT2D eigenvalue weighted by atomic mass is 10.0. The van der Waals surface area contributed by atoms with Crippen molar-refractivity contribution in [1.82, 2.24) is 4.98 Å². The van der Waals surface area contributed by atoms with Crippen LogP contribution in [0.15, 0.2) is 23.4 Å². The van der Waals surface area contributed by atoms with Crippen molar-refractivity contribution in [2.24, 2.45) is 0 Å². The summed E-state index contributed by atoms with van der Waals surface area (Å²) in [6, 6.07) is 1.81. The molecule has 0 unspecified atom stereocenters. The van der Waals surface area contributed by atoms with Gasteiger partial charge in [-0.2, -0.15) is 0 Å². The molecule has 0 bridgehead atoms. The van der Waals surface area contributed by atoms with Crippen molar-refractivity contribution in [3.63, 3.8) is 0 Å². The highest BCUT2D eigenvalue weighted by Gasteiger charge is 2.18. The van der Waals surface area contributed by atoms with Gasteiger partial charge in [0.1, 0.15) is 0 Å². The molecule has 1 heterocycles. The van der Waals surface area contributed by atoms with E-state index in [0.717, 1.165) is 4.90 Å². The third kappa shape index (κ3) is 2.76. The van der Waals surface area contributed by atoms with Gasteiger partial charge in [0.2, 0.25) is 0 Å². The second-order valence-electron chi connectivity index (χ2n) is 4.05. The lowest BCUT2D eigenvalue weighted by Crippen LogP contribution is -2.09. The second kappa shape index (κ2) is 5.34. The van der Waals surface area contributed by atoms with Gasteiger partial charge in [0, 0.05) is 22.5 Å². The SMILES string of the molecule is O=C(O)c1cnccc1SC1CCCCC1. The Bertz CT molecular complexity index is 375. The second-order valence-corrected chi connectivity index (χ2v) is 5.40. The Labute approximate surface area is 99.3 Å². The summed E-state index contributed by atoms with van der Waals surface area (Å²) >= 11 is 1.70. The summed E-state index contributed by atoms with van der Waals surface area (Å²) in [4.78, 5) is 15.7. The van der Waals surface area contributed by atoms with Gasteiger partial charge in [0.15, 0.2) is 0 Å². The van der Waals surface area contributed by atoms with Crippen molar-refractivity contribution in [2.45, 2.75) is 42.2 Å². The van der Waals surface area contributed by atoms with E-state index in [0.29, 0.717) is 10.8 Å². The number of pyridine rings is 1. The Morgan fingerprint density at radius 2 is 2.12 bits per heavy atom. The molecule has 1 aliphatic rings. The Kier molecular flexibility index (Phi) is 3.83. The highest BCUT2D eigenvalue weighted by atomic mass is 32.2. The standard InChI is InChI=1S/C12H15NO2S/c14-12(15)10-8-13-7-6-11(10)16-9-4-2-1-3-5-9/h6-9H,1-5H2,(H,14,15). The van der Waals surface area contributed by atoms with Crippen molar-refractivity contribution >= 4 is 17.7 Å². The van der Waals surface area contributed by atoms with Crippen LogP contribution in [0.3, 0.4) is 0 Å². The van der Waals surface area contributed by atoms with Crippen LogP contribution in [0.2, 0.25) is 0 Å². The Morgan fingerprint density at radius 3 is 2.81 bits per heavy atom. The molecule has 1 aromatic heterocycles. The molecule has 1 saturated carbocycles. The molecule has 3 nitrogen and oxygen atoms in total. The minimum atomic E-state index is -0.883. The van der Waals surface area contributed by atoms with E-state index in [-0.39, 0.29) is 0 Å². The molecule has 1 aliphatic carbocycles. The molecule has 0 radical (unpaired) electrons. The predicted octanol–water partition coefficient (Wildman–Crippen LogP) is 3.20. The summed E-state index contributed by atoms with van der Waals surface area (Å²) < 4.78 is 0. The van der Waals surface area contributed by atoms with E-state index < -0.39 is 5.97 Å². The maximum absolute atomic E-state index is 11.0. The Balaban J connectivity index is 2.10. The summed E-state index contributed by atoms with van der Waals surface area (Å²) in [6.07, 6.45) is 9.36. The molecule has 1 aromatic rings. The number of rotatable bonds is 3. The molecule has 0 atom stereocenters. The minimum Gasteiger partial charge on any atom is -0.478 e. The van der Waals surface area contributed by atoms with Gasteiger partial charge >= 0.3 is 5.97 Å². The quantitative estimate of drug-likeness (QED) is 0.877. The highest BCUT2D eigenvalue weighted by Crippen LogP contribution is 2.34. The molecule has 0 aliphatic heterocycles. The summed E-state index contributed by atoms with van der Waals surface area (Å²) in [6.45, 7) is 0. The van der Waals surface area contributed by atoms with Crippen LogP contribution in [0.1, 0.15) is 42.5 Å². The van der Waals surface area contributed by atoms with Crippen molar-refractivity contribution < 1.29 is 9.90 Å². The molecule has 4 heteroatoms. The van der Waals surface area contributed by atoms with Crippen LogP contribution in [0.5, 0.6) is 0 Å². The van der Waals surface area contributed by atoms with Crippen LogP contribution in [0.25, 0.3) is 0 Å². The van der Waals surface area contributed by atoms with E-state index in [2.05, 4.69) is 4.98 Å². The molecular weight excluding hydrogens is 222 g/mol. The van der Waals surface area contributed by atoms with Crippen LogP contribution in [0.4, 0.5) is 0 Å². The van der Waals surface area contributed by atoms with Gasteiger partial charge in [-0.15, -0.1) is 11.8 Å². The van der Waals surface area contributed by atoms with Crippen LogP contribution in [0, 0.1) is 0 Å². The van der Waals surface area contributed by atoms with Crippen molar-refractivity contribution in [3.8, 4) is 0 Å². The summed E-state index contributed by atoms with van der Waals surface area (Å²) in [5.74, 6) is -0.883. The summed E-state index contributed by atoms with van der Waals surface area (Å²) in [7, 11) is 0. The molecule has 0 amide bonds. The largest absolute Gasteiger partial charge is 0.478 e. The van der Waals surface area contributed by atoms with Gasteiger partial charge in [-0.1, -0.05) is 19.3 Å². The van der Waals surface area contributed by atoms with Crippen molar-refractivity contribution in [3.05, 3.63) is 24.0 Å². The maximum atomic E-state index is 11.0. The normalized spacial score (nSPS) is 17.2. The van der Waals surface area contributed by atoms with Crippen LogP contribution < -0.4 is 0 Å². The number of aromatic carboxylic acids is 1. The third-order valence-corrected chi connectivity index (χ3v) is 4.27. The summed E-state index contributed by atoms with van der Waals surface area (Å²) in [5, 5.41) is 9.62. The summed E-state index contributed by atoms with van der Waals surface area (Å²) in [5.41, 5.74) is 0.332. The van der Waals surface area contributed by atoms with Crippen LogP contribution in [-0.2, 0) is 0 Å². The first kappa shape index (κ1) is 11.5. The fraction of sp³-hybridized carbons (Fsp3) is 0.500. The molecule has 1 N–H and O–H groups in total. The van der Waals surface area contributed by atoms with E-state index in [1.54, 1.807) is 18.0 Å². The first-order chi connectivity index (χ1) is 7.77. The molecular formula is C12H15NO2S. The van der Waals surface area contributed by atoms with Crippen molar-refractivity contribution in [1.29, 1.82) is 0 Å². The lowest BCUT2D eigenvalue weighted by molar-refractivity contribution is 0.0692. The average molecular weight is 237 g/mol. The lowest BCUT2D eigenvalue weighted by Gasteiger charge is -2.21. The Morgan fingerprint density at radius 1 is 1.38 bits per heavy atom. The van der Waals surface area contributed by atoms with Gasteiger partial charge in [0.25, 0.3) is 0 Å². The Hall–Kier alpha value is -1.03. The first-order valence-electron chi connectivity index (χ1n) is 5.61. The van der Waals surface area contributed by atoms with Crippen LogP contribution >= 0.6 is 11.8 Å². The molecule has 0 saturated heterocycles. The number of carboxylic acids is 1. The molecule has 2 rings (SSSR count). The number of carboxylic acid groups (broad SMARTS) is 1. The van der Waals surface area contributed by atoms with E-state index in [1.807, 2.05) is 6.07 Å². The van der Waals surface area contributed by atoms with Crippen molar-refractivity contribution in [2.75, 3.05) is 0 Å². The topological polar surface area (TPSA) is 50.2 Å². The van der Waals surface area contributed by atoms with E-state index >= 15 is 0 Å². The number of aromatic nitrogens is 1. The first-order valence-corrected chi connectivity index (χ1v) is 6.49. The van der Waals surface area contributed by atoms with E-state index in [1.165, 1.54) is 38.3 Å². The van der Waals surface area contributed by atoms with Gasteiger partial charge in [0.05, 0.1) is 5.56 Å². The van der Waals surface area contributed by atoms with E-state index in [9.17, 15) is 4.79 Å². The molecule has 0 spiro atoms. The number of carbonyl (C=O) groups is 1. The van der Waals surface area contributed by atoms with Gasteiger partial charge in [-0.3, -0.25) is 4.98 Å². The molecule has 86 valence electrons. The average Bonchev–Trinajstić information content (AvgIpc) is 2.31. The zero-order chi connectivity index (χ0) is 11.4. The number of nitrogens with zero attached hydrogens (tertiary/aromatic N) is 1. The molecule has 16 heavy (non-hydrogen) atoms. The van der Waals surface area contributed by atoms with Gasteiger partial charge < -0.3 is 5.11 Å². The zero-order valence-electron chi connectivity index (χ0n) is 9.06. The smallest absolute Gasteiger partial charge is 0.338 e. The predicted molar refractivity (Wildman–Crippen MR) is 63.9 cm³/mol. The van der Waals surface area contributed by atoms with Gasteiger partial charge in [-0.25, -0.2) is 4.79 Å². The molecule has 1 fully saturated rings. The number of thioether (sulfide) groups is 1. The fourth-order valence-electron chi connectivity index (χ4n) is 2.01. The van der Waals surface area contributed by atoms with E-state index in [4.69, 9.17) is 5.11 Å². The van der Waals surface area contributed by atoms with Crippen LogP contribution in [-0.4, -0.2) is 21.3 Å². The fourth-order valence-corrected chi connectivity index (χ4v) is 3.34.